The van der Waals surface area contributed by atoms with Gasteiger partial charge in [0, 0.05) is 43.4 Å². The second kappa shape index (κ2) is 12.2. The van der Waals surface area contributed by atoms with E-state index in [-0.39, 0.29) is 32.7 Å². The van der Waals surface area contributed by atoms with Crippen LogP contribution in [0.15, 0.2) is 138 Å². The quantitative estimate of drug-likeness (QED) is 0.0494. The maximum atomic E-state index is 11.9. The topological polar surface area (TPSA) is 175 Å². The van der Waals surface area contributed by atoms with Crippen molar-refractivity contribution in [1.29, 1.82) is 0 Å². The van der Waals surface area contributed by atoms with Gasteiger partial charge in [-0.05, 0) is 86.6 Å². The number of benzene rings is 9. The Hall–Kier alpha value is -8.04. The Morgan fingerprint density at radius 2 is 0.684 bits per heavy atom. The van der Waals surface area contributed by atoms with Crippen molar-refractivity contribution in [1.82, 2.24) is 0 Å². The van der Waals surface area contributed by atoms with Crippen LogP contribution in [-0.2, 0) is 0 Å². The zero-order valence-corrected chi connectivity index (χ0v) is 29.7. The first-order chi connectivity index (χ1) is 27.6. The first-order valence-corrected chi connectivity index (χ1v) is 18.0. The lowest BCUT2D eigenvalue weighted by Gasteiger charge is -2.23. The molecule has 9 aromatic carbocycles. The summed E-state index contributed by atoms with van der Waals surface area (Å²) in [5, 5.41) is 94.3. The molecule has 0 saturated heterocycles. The maximum Gasteiger partial charge on any atom is 0.204 e. The Morgan fingerprint density at radius 3 is 1.18 bits per heavy atom. The lowest BCUT2D eigenvalue weighted by Crippen LogP contribution is -1.95. The van der Waals surface area contributed by atoms with Gasteiger partial charge in [0.2, 0.25) is 23.0 Å². The second-order valence-corrected chi connectivity index (χ2v) is 14.1. The fraction of sp³-hybridized carbons (Fsp3) is 0. The number of hydrogen-bond acceptors (Lipinski definition) is 9. The SMILES string of the molecule is Oc1c(O)c(O)c2c(-c3ccc4oc5cc6ccccc6cc5c4c3)c3c(O)c(O)c(O)c(O)c3c(-c3cc(-c4ccccc4)cc(-c4ccccc4)c3)c2c1O. The van der Waals surface area contributed by atoms with E-state index < -0.39 is 46.0 Å². The summed E-state index contributed by atoms with van der Waals surface area (Å²) < 4.78 is 6.23. The van der Waals surface area contributed by atoms with Gasteiger partial charge in [-0.15, -0.1) is 0 Å². The molecule has 0 aliphatic carbocycles. The molecule has 0 unspecified atom stereocenters. The molecule has 0 aliphatic rings. The highest BCUT2D eigenvalue weighted by atomic mass is 16.4. The Bertz CT molecular complexity index is 3180. The monoisotopic (exact) mass is 750 g/mol. The van der Waals surface area contributed by atoms with E-state index in [1.807, 2.05) is 103 Å². The highest BCUT2D eigenvalue weighted by Gasteiger charge is 2.33. The summed E-state index contributed by atoms with van der Waals surface area (Å²) in [5.74, 6) is -7.56. The molecule has 276 valence electrons. The smallest absolute Gasteiger partial charge is 0.204 e. The van der Waals surface area contributed by atoms with Crippen LogP contribution < -0.4 is 0 Å². The molecule has 0 spiro atoms. The van der Waals surface area contributed by atoms with Crippen molar-refractivity contribution < 1.29 is 45.3 Å². The number of phenolic OH excluding ortho intramolecular Hbond substituents is 8. The van der Waals surface area contributed by atoms with Crippen LogP contribution in [0.3, 0.4) is 0 Å². The van der Waals surface area contributed by atoms with E-state index in [9.17, 15) is 40.9 Å². The van der Waals surface area contributed by atoms with Gasteiger partial charge in [-0.2, -0.15) is 0 Å². The molecule has 0 fully saturated rings. The van der Waals surface area contributed by atoms with Gasteiger partial charge in [-0.1, -0.05) is 91.0 Å². The first-order valence-electron chi connectivity index (χ1n) is 18.0. The van der Waals surface area contributed by atoms with Gasteiger partial charge >= 0.3 is 0 Å². The van der Waals surface area contributed by atoms with E-state index in [0.717, 1.165) is 27.3 Å². The lowest BCUT2D eigenvalue weighted by molar-refractivity contribution is 0.350. The largest absolute Gasteiger partial charge is 0.504 e. The van der Waals surface area contributed by atoms with E-state index in [2.05, 4.69) is 0 Å². The van der Waals surface area contributed by atoms with E-state index >= 15 is 0 Å². The molecule has 0 atom stereocenters. The molecular formula is C48H30O9. The number of fused-ring (bicyclic) bond motifs is 6. The molecule has 8 N–H and O–H groups in total. The molecule has 0 radical (unpaired) electrons. The van der Waals surface area contributed by atoms with E-state index in [1.165, 1.54) is 0 Å². The second-order valence-electron chi connectivity index (χ2n) is 14.1. The van der Waals surface area contributed by atoms with Crippen molar-refractivity contribution in [3.8, 4) is 90.5 Å². The average molecular weight is 751 g/mol. The molecule has 9 heteroatoms. The predicted octanol–water partition coefficient (Wildman–Crippen LogP) is 11.4. The molecule has 1 aromatic heterocycles. The van der Waals surface area contributed by atoms with Gasteiger partial charge in [0.15, 0.2) is 23.0 Å². The summed E-state index contributed by atoms with van der Waals surface area (Å²) in [6, 6.07) is 41.1. The zero-order valence-electron chi connectivity index (χ0n) is 29.7. The standard InChI is InChI=1S/C48H30O9/c49-41-37-35(27-15-16-33-31(21-27)32-20-25-13-7-8-14-26(25)22-34(32)57-33)38-40(44(52)48(56)46(54)42(38)50)36(39(37)43(51)47(55)45(41)53)30-18-28(23-9-3-1-4-10-23)17-29(19-30)24-11-5-2-6-12-24/h1-22,49-56H. The fourth-order valence-electron chi connectivity index (χ4n) is 8.18. The third-order valence-corrected chi connectivity index (χ3v) is 10.9. The van der Waals surface area contributed by atoms with Crippen LogP contribution >= 0.6 is 0 Å². The molecule has 10 rings (SSSR count). The summed E-state index contributed by atoms with van der Waals surface area (Å²) in [4.78, 5) is 0. The number of furan rings is 1. The minimum atomic E-state index is -1.04. The van der Waals surface area contributed by atoms with Crippen LogP contribution in [-0.4, -0.2) is 40.9 Å². The van der Waals surface area contributed by atoms with Gasteiger partial charge < -0.3 is 45.3 Å². The zero-order chi connectivity index (χ0) is 39.3. The van der Waals surface area contributed by atoms with Gasteiger partial charge in [0.1, 0.15) is 11.2 Å². The van der Waals surface area contributed by atoms with Gasteiger partial charge in [-0.3, -0.25) is 0 Å². The number of aromatic hydroxyl groups is 8. The fourth-order valence-corrected chi connectivity index (χ4v) is 8.18. The summed E-state index contributed by atoms with van der Waals surface area (Å²) in [7, 11) is 0. The molecule has 1 heterocycles. The Kier molecular flexibility index (Phi) is 7.20. The van der Waals surface area contributed by atoms with Crippen molar-refractivity contribution in [3.63, 3.8) is 0 Å². The summed E-state index contributed by atoms with van der Waals surface area (Å²) in [6.07, 6.45) is 0. The molecule has 0 bridgehead atoms. The Morgan fingerprint density at radius 1 is 0.281 bits per heavy atom. The minimum Gasteiger partial charge on any atom is -0.504 e. The van der Waals surface area contributed by atoms with Crippen LogP contribution in [0.4, 0.5) is 0 Å². The van der Waals surface area contributed by atoms with Gasteiger partial charge in [0.25, 0.3) is 0 Å². The molecule has 9 nitrogen and oxygen atoms in total. The molecule has 10 aromatic rings. The van der Waals surface area contributed by atoms with Crippen LogP contribution in [0.1, 0.15) is 0 Å². The van der Waals surface area contributed by atoms with Crippen LogP contribution in [0.25, 0.3) is 98.8 Å². The average Bonchev–Trinajstić information content (AvgIpc) is 3.61. The number of hydrogen-bond donors (Lipinski definition) is 8. The highest BCUT2D eigenvalue weighted by molar-refractivity contribution is 6.29. The van der Waals surface area contributed by atoms with Crippen molar-refractivity contribution in [2.45, 2.75) is 0 Å². The van der Waals surface area contributed by atoms with Gasteiger partial charge in [-0.25, -0.2) is 0 Å². The van der Waals surface area contributed by atoms with Crippen molar-refractivity contribution >= 4 is 54.3 Å². The molecule has 0 saturated carbocycles. The molecular weight excluding hydrogens is 721 g/mol. The molecule has 57 heavy (non-hydrogen) atoms. The normalized spacial score (nSPS) is 11.7. The number of phenols is 8. The minimum absolute atomic E-state index is 0.0359. The van der Waals surface area contributed by atoms with E-state index in [1.54, 1.807) is 30.3 Å². The van der Waals surface area contributed by atoms with Crippen molar-refractivity contribution in [2.75, 3.05) is 0 Å². The summed E-state index contributed by atoms with van der Waals surface area (Å²) in [6.45, 7) is 0. The third kappa shape index (κ3) is 4.89. The number of rotatable bonds is 4. The Balaban J connectivity index is 1.40. The maximum absolute atomic E-state index is 11.9. The van der Waals surface area contributed by atoms with Gasteiger partial charge in [0.05, 0.1) is 0 Å². The molecule has 0 aliphatic heterocycles. The van der Waals surface area contributed by atoms with Crippen LogP contribution in [0.2, 0.25) is 0 Å². The molecule has 0 amide bonds. The summed E-state index contributed by atoms with van der Waals surface area (Å²) >= 11 is 0. The first kappa shape index (κ1) is 33.5. The van der Waals surface area contributed by atoms with E-state index in [0.29, 0.717) is 38.8 Å². The third-order valence-electron chi connectivity index (χ3n) is 10.9. The predicted molar refractivity (Wildman–Crippen MR) is 221 cm³/mol. The van der Waals surface area contributed by atoms with Crippen LogP contribution in [0.5, 0.6) is 46.0 Å². The van der Waals surface area contributed by atoms with Crippen LogP contribution in [0, 0.1) is 0 Å². The van der Waals surface area contributed by atoms with E-state index in [4.69, 9.17) is 4.42 Å². The Labute approximate surface area is 322 Å². The highest BCUT2D eigenvalue weighted by Crippen LogP contribution is 2.62. The lowest BCUT2D eigenvalue weighted by atomic mass is 9.82. The van der Waals surface area contributed by atoms with Crippen molar-refractivity contribution in [3.05, 3.63) is 133 Å². The summed E-state index contributed by atoms with van der Waals surface area (Å²) in [5.41, 5.74) is 4.69. The van der Waals surface area contributed by atoms with Crippen molar-refractivity contribution in [2.24, 2.45) is 0 Å².